The van der Waals surface area contributed by atoms with E-state index in [9.17, 15) is 4.39 Å². The molecule has 1 fully saturated rings. The maximum absolute atomic E-state index is 13.7. The van der Waals surface area contributed by atoms with Gasteiger partial charge in [-0.1, -0.05) is 12.1 Å². The van der Waals surface area contributed by atoms with Gasteiger partial charge in [0.15, 0.2) is 0 Å². The van der Waals surface area contributed by atoms with Crippen LogP contribution in [0.15, 0.2) is 18.2 Å². The molecule has 1 heterocycles. The highest BCUT2D eigenvalue weighted by molar-refractivity contribution is 5.47. The number of halogens is 1. The highest BCUT2D eigenvalue weighted by atomic mass is 19.1. The lowest BCUT2D eigenvalue weighted by Crippen LogP contribution is -2.45. The Labute approximate surface area is 109 Å². The van der Waals surface area contributed by atoms with E-state index in [4.69, 9.17) is 0 Å². The third kappa shape index (κ3) is 3.43. The highest BCUT2D eigenvalue weighted by Gasteiger charge is 2.13. The van der Waals surface area contributed by atoms with Crippen LogP contribution < -0.4 is 5.32 Å². The Morgan fingerprint density at radius 3 is 2.67 bits per heavy atom. The second kappa shape index (κ2) is 6.16. The Balaban J connectivity index is 1.77. The second-order valence-electron chi connectivity index (χ2n) is 5.01. The first-order valence-corrected chi connectivity index (χ1v) is 6.56. The molecule has 0 unspecified atom stereocenters. The van der Waals surface area contributed by atoms with Crippen molar-refractivity contribution in [2.24, 2.45) is 0 Å². The van der Waals surface area contributed by atoms with Crippen molar-refractivity contribution in [3.8, 4) is 0 Å². The molecule has 2 rings (SSSR count). The molecule has 4 heteroatoms. The molecular weight excluding hydrogens is 229 g/mol. The molecule has 0 radical (unpaired) electrons. The van der Waals surface area contributed by atoms with E-state index in [-0.39, 0.29) is 5.82 Å². The van der Waals surface area contributed by atoms with Crippen LogP contribution in [0.5, 0.6) is 0 Å². The quantitative estimate of drug-likeness (QED) is 0.880. The predicted molar refractivity (Wildman–Crippen MR) is 73.6 cm³/mol. The molecule has 0 spiro atoms. The van der Waals surface area contributed by atoms with Gasteiger partial charge in [0.25, 0.3) is 0 Å². The average molecular weight is 251 g/mol. The second-order valence-corrected chi connectivity index (χ2v) is 5.01. The number of hydrogen-bond acceptors (Lipinski definition) is 3. The fourth-order valence-corrected chi connectivity index (χ4v) is 2.20. The maximum atomic E-state index is 13.7. The molecule has 0 bridgehead atoms. The van der Waals surface area contributed by atoms with Crippen molar-refractivity contribution in [1.29, 1.82) is 0 Å². The summed E-state index contributed by atoms with van der Waals surface area (Å²) in [4.78, 5) is 4.75. The van der Waals surface area contributed by atoms with Crippen molar-refractivity contribution < 1.29 is 4.39 Å². The fourth-order valence-electron chi connectivity index (χ4n) is 2.20. The summed E-state index contributed by atoms with van der Waals surface area (Å²) in [7, 11) is 2.15. The molecule has 0 aliphatic carbocycles. The van der Waals surface area contributed by atoms with Crippen molar-refractivity contribution in [2.75, 3.05) is 51.6 Å². The standard InChI is InChI=1S/C14H22FN3/c1-12-4-3-5-13(14(12)15)16-6-7-18-10-8-17(2)9-11-18/h3-5,16H,6-11H2,1-2H3. The summed E-state index contributed by atoms with van der Waals surface area (Å²) in [5, 5.41) is 3.18. The number of nitrogens with zero attached hydrogens (tertiary/aromatic N) is 2. The Kier molecular flexibility index (Phi) is 4.55. The van der Waals surface area contributed by atoms with E-state index in [0.717, 1.165) is 39.3 Å². The van der Waals surface area contributed by atoms with Gasteiger partial charge in [0.05, 0.1) is 5.69 Å². The van der Waals surface area contributed by atoms with Crippen LogP contribution in [0.2, 0.25) is 0 Å². The molecule has 0 amide bonds. The monoisotopic (exact) mass is 251 g/mol. The summed E-state index contributed by atoms with van der Waals surface area (Å²) < 4.78 is 13.7. The molecule has 0 saturated carbocycles. The largest absolute Gasteiger partial charge is 0.381 e. The molecule has 1 aliphatic rings. The summed E-state index contributed by atoms with van der Waals surface area (Å²) in [6.45, 7) is 8.02. The molecule has 100 valence electrons. The maximum Gasteiger partial charge on any atom is 0.149 e. The summed E-state index contributed by atoms with van der Waals surface area (Å²) in [5.74, 6) is -0.129. The van der Waals surface area contributed by atoms with Gasteiger partial charge in [-0.15, -0.1) is 0 Å². The van der Waals surface area contributed by atoms with Crippen LogP contribution in [0.3, 0.4) is 0 Å². The van der Waals surface area contributed by atoms with Gasteiger partial charge < -0.3 is 10.2 Å². The molecular formula is C14H22FN3. The number of hydrogen-bond donors (Lipinski definition) is 1. The Morgan fingerprint density at radius 1 is 1.22 bits per heavy atom. The number of benzene rings is 1. The molecule has 0 atom stereocenters. The van der Waals surface area contributed by atoms with Crippen LogP contribution in [0.4, 0.5) is 10.1 Å². The Morgan fingerprint density at radius 2 is 1.94 bits per heavy atom. The minimum atomic E-state index is -0.129. The Hall–Kier alpha value is -1.13. The van der Waals surface area contributed by atoms with Crippen molar-refractivity contribution in [3.05, 3.63) is 29.6 Å². The zero-order chi connectivity index (χ0) is 13.0. The van der Waals surface area contributed by atoms with Crippen molar-refractivity contribution in [3.63, 3.8) is 0 Å². The molecule has 1 saturated heterocycles. The average Bonchev–Trinajstić information content (AvgIpc) is 2.37. The van der Waals surface area contributed by atoms with Gasteiger partial charge in [0.1, 0.15) is 5.82 Å². The highest BCUT2D eigenvalue weighted by Crippen LogP contribution is 2.16. The molecule has 0 aromatic heterocycles. The molecule has 1 N–H and O–H groups in total. The van der Waals surface area contributed by atoms with E-state index in [1.165, 1.54) is 0 Å². The molecule has 1 aromatic rings. The first-order valence-electron chi connectivity index (χ1n) is 6.56. The van der Waals surface area contributed by atoms with E-state index in [1.54, 1.807) is 19.1 Å². The van der Waals surface area contributed by atoms with Crippen molar-refractivity contribution >= 4 is 5.69 Å². The first kappa shape index (κ1) is 13.3. The molecule has 18 heavy (non-hydrogen) atoms. The number of anilines is 1. The van der Waals surface area contributed by atoms with Gasteiger partial charge in [0.2, 0.25) is 0 Å². The zero-order valence-electron chi connectivity index (χ0n) is 11.2. The molecule has 1 aromatic carbocycles. The molecule has 1 aliphatic heterocycles. The van der Waals surface area contributed by atoms with Gasteiger partial charge in [-0.05, 0) is 25.6 Å². The number of piperazine rings is 1. The minimum Gasteiger partial charge on any atom is -0.381 e. The SMILES string of the molecule is Cc1cccc(NCCN2CCN(C)CC2)c1F. The molecule has 3 nitrogen and oxygen atoms in total. The van der Waals surface area contributed by atoms with Crippen LogP contribution >= 0.6 is 0 Å². The van der Waals surface area contributed by atoms with E-state index >= 15 is 0 Å². The van der Waals surface area contributed by atoms with E-state index in [1.807, 2.05) is 6.07 Å². The van der Waals surface area contributed by atoms with Crippen LogP contribution in [-0.2, 0) is 0 Å². The van der Waals surface area contributed by atoms with Gasteiger partial charge in [-0.25, -0.2) is 4.39 Å². The Bertz CT molecular complexity index is 387. The van der Waals surface area contributed by atoms with Gasteiger partial charge in [0, 0.05) is 39.3 Å². The summed E-state index contributed by atoms with van der Waals surface area (Å²) in [6.07, 6.45) is 0. The summed E-state index contributed by atoms with van der Waals surface area (Å²) >= 11 is 0. The smallest absolute Gasteiger partial charge is 0.149 e. The summed E-state index contributed by atoms with van der Waals surface area (Å²) in [5.41, 5.74) is 1.31. The third-order valence-electron chi connectivity index (χ3n) is 3.53. The lowest BCUT2D eigenvalue weighted by atomic mass is 10.2. The fraction of sp³-hybridized carbons (Fsp3) is 0.571. The van der Waals surface area contributed by atoms with Gasteiger partial charge in [-0.2, -0.15) is 0 Å². The van der Waals surface area contributed by atoms with Crippen LogP contribution in [0.1, 0.15) is 5.56 Å². The predicted octanol–water partition coefficient (Wildman–Crippen LogP) is 1.79. The van der Waals surface area contributed by atoms with E-state index < -0.39 is 0 Å². The summed E-state index contributed by atoms with van der Waals surface area (Å²) in [6, 6.07) is 5.48. The lowest BCUT2D eigenvalue weighted by molar-refractivity contribution is 0.158. The zero-order valence-corrected chi connectivity index (χ0v) is 11.2. The topological polar surface area (TPSA) is 18.5 Å². The third-order valence-corrected chi connectivity index (χ3v) is 3.53. The van der Waals surface area contributed by atoms with E-state index in [0.29, 0.717) is 11.3 Å². The number of aryl methyl sites for hydroxylation is 1. The van der Waals surface area contributed by atoms with Crippen LogP contribution in [0.25, 0.3) is 0 Å². The first-order chi connectivity index (χ1) is 8.66. The van der Waals surface area contributed by atoms with Crippen molar-refractivity contribution in [2.45, 2.75) is 6.92 Å². The van der Waals surface area contributed by atoms with Crippen molar-refractivity contribution in [1.82, 2.24) is 9.80 Å². The number of nitrogens with one attached hydrogen (secondary N) is 1. The van der Waals surface area contributed by atoms with Crippen LogP contribution in [0, 0.1) is 12.7 Å². The number of likely N-dealkylation sites (N-methyl/N-ethyl adjacent to an activating group) is 1. The van der Waals surface area contributed by atoms with Gasteiger partial charge in [-0.3, -0.25) is 4.90 Å². The lowest BCUT2D eigenvalue weighted by Gasteiger charge is -2.32. The normalized spacial score (nSPS) is 17.9. The van der Waals surface area contributed by atoms with Crippen LogP contribution in [-0.4, -0.2) is 56.1 Å². The van der Waals surface area contributed by atoms with Gasteiger partial charge >= 0.3 is 0 Å². The minimum absolute atomic E-state index is 0.129. The van der Waals surface area contributed by atoms with E-state index in [2.05, 4.69) is 22.2 Å². The number of rotatable bonds is 4.